The van der Waals surface area contributed by atoms with E-state index < -0.39 is 11.4 Å². The Morgan fingerprint density at radius 2 is 2.12 bits per heavy atom. The zero-order chi connectivity index (χ0) is 11.3. The number of hydrogen-bond acceptors (Lipinski definition) is 2. The van der Waals surface area contributed by atoms with Crippen molar-refractivity contribution in [1.82, 2.24) is 0 Å². The molecule has 4 nitrogen and oxygen atoms in total. The third-order valence-corrected chi connectivity index (χ3v) is 3.67. The maximum absolute atomic E-state index is 11.9. The van der Waals surface area contributed by atoms with Crippen LogP contribution in [0, 0.1) is 0 Å². The van der Waals surface area contributed by atoms with Crippen molar-refractivity contribution in [1.29, 1.82) is 0 Å². The van der Waals surface area contributed by atoms with Gasteiger partial charge >= 0.3 is 5.97 Å². The number of carboxylic acids is 1. The molecule has 1 aliphatic heterocycles. The van der Waals surface area contributed by atoms with E-state index in [2.05, 4.69) is 5.32 Å². The van der Waals surface area contributed by atoms with Gasteiger partial charge in [0.25, 0.3) is 0 Å². The Labute approximate surface area is 92.3 Å². The Morgan fingerprint density at radius 1 is 1.38 bits per heavy atom. The normalized spacial score (nSPS) is 20.1. The van der Waals surface area contributed by atoms with Crippen LogP contribution in [-0.4, -0.2) is 17.0 Å². The van der Waals surface area contributed by atoms with Crippen LogP contribution in [0.1, 0.15) is 35.2 Å². The molecule has 3 rings (SSSR count). The van der Waals surface area contributed by atoms with Crippen molar-refractivity contribution in [2.24, 2.45) is 0 Å². The predicted octanol–water partition coefficient (Wildman–Crippen LogP) is 1.76. The molecule has 0 aromatic heterocycles. The van der Waals surface area contributed by atoms with Crippen LogP contribution in [0.25, 0.3) is 0 Å². The van der Waals surface area contributed by atoms with Crippen molar-refractivity contribution >= 4 is 17.6 Å². The molecule has 1 amide bonds. The van der Waals surface area contributed by atoms with Crippen LogP contribution in [0.2, 0.25) is 0 Å². The van der Waals surface area contributed by atoms with Gasteiger partial charge in [0.15, 0.2) is 0 Å². The van der Waals surface area contributed by atoms with Crippen molar-refractivity contribution in [3.05, 3.63) is 29.3 Å². The number of hydrogen-bond donors (Lipinski definition) is 2. The summed E-state index contributed by atoms with van der Waals surface area (Å²) in [6.07, 6.45) is 2.69. The third kappa shape index (κ3) is 0.988. The van der Waals surface area contributed by atoms with E-state index in [1.54, 1.807) is 12.1 Å². The molecule has 0 bridgehead atoms. The molecule has 1 spiro atoms. The lowest BCUT2D eigenvalue weighted by Gasteiger charge is -2.36. The van der Waals surface area contributed by atoms with Gasteiger partial charge in [0, 0.05) is 5.69 Å². The summed E-state index contributed by atoms with van der Waals surface area (Å²) in [5.41, 5.74) is 1.46. The van der Waals surface area contributed by atoms with Crippen molar-refractivity contribution in [2.75, 3.05) is 5.32 Å². The second-order valence-electron chi connectivity index (χ2n) is 4.46. The Balaban J connectivity index is 2.15. The van der Waals surface area contributed by atoms with Crippen LogP contribution in [-0.2, 0) is 10.2 Å². The number of aromatic carboxylic acids is 1. The lowest BCUT2D eigenvalue weighted by molar-refractivity contribution is -0.123. The fourth-order valence-corrected chi connectivity index (χ4v) is 2.57. The summed E-state index contributed by atoms with van der Waals surface area (Å²) in [4.78, 5) is 22.8. The molecule has 1 aromatic rings. The highest BCUT2D eigenvalue weighted by atomic mass is 16.4. The first-order chi connectivity index (χ1) is 7.63. The van der Waals surface area contributed by atoms with Crippen LogP contribution in [0.3, 0.4) is 0 Å². The molecule has 1 aromatic carbocycles. The van der Waals surface area contributed by atoms with Gasteiger partial charge in [-0.15, -0.1) is 0 Å². The molecule has 2 N–H and O–H groups in total. The lowest BCUT2D eigenvalue weighted by atomic mass is 9.65. The molecule has 1 heterocycles. The quantitative estimate of drug-likeness (QED) is 0.753. The van der Waals surface area contributed by atoms with Gasteiger partial charge in [0.1, 0.15) is 0 Å². The minimum atomic E-state index is -0.948. The maximum atomic E-state index is 11.9. The number of nitrogens with one attached hydrogen (secondary N) is 1. The number of anilines is 1. The first-order valence-electron chi connectivity index (χ1n) is 5.33. The highest BCUT2D eigenvalue weighted by Gasteiger charge is 2.51. The fraction of sp³-hybridized carbons (Fsp3) is 0.333. The van der Waals surface area contributed by atoms with Gasteiger partial charge in [-0.25, -0.2) is 4.79 Å². The Hall–Kier alpha value is -1.84. The number of fused-ring (bicyclic) bond motifs is 2. The summed E-state index contributed by atoms with van der Waals surface area (Å²) in [6, 6.07) is 4.84. The largest absolute Gasteiger partial charge is 0.478 e. The Bertz CT molecular complexity index is 503. The van der Waals surface area contributed by atoms with Crippen molar-refractivity contribution < 1.29 is 14.7 Å². The number of benzene rings is 1. The highest BCUT2D eigenvalue weighted by Crippen LogP contribution is 2.51. The van der Waals surface area contributed by atoms with Crippen LogP contribution in [0.4, 0.5) is 5.69 Å². The second-order valence-corrected chi connectivity index (χ2v) is 4.46. The predicted molar refractivity (Wildman–Crippen MR) is 57.6 cm³/mol. The van der Waals surface area contributed by atoms with Gasteiger partial charge in [-0.2, -0.15) is 0 Å². The van der Waals surface area contributed by atoms with E-state index in [0.717, 1.165) is 30.5 Å². The summed E-state index contributed by atoms with van der Waals surface area (Å²) in [5.74, 6) is -0.923. The zero-order valence-electron chi connectivity index (χ0n) is 8.62. The van der Waals surface area contributed by atoms with Crippen molar-refractivity contribution in [3.8, 4) is 0 Å². The molecule has 2 aliphatic rings. The monoisotopic (exact) mass is 217 g/mol. The molecule has 1 saturated carbocycles. The highest BCUT2D eigenvalue weighted by molar-refractivity contribution is 6.07. The Morgan fingerprint density at radius 3 is 2.69 bits per heavy atom. The van der Waals surface area contributed by atoms with E-state index in [1.807, 2.05) is 0 Å². The second kappa shape index (κ2) is 2.84. The van der Waals surface area contributed by atoms with Gasteiger partial charge < -0.3 is 10.4 Å². The average molecular weight is 217 g/mol. The average Bonchev–Trinajstić information content (AvgIpc) is 2.47. The van der Waals surface area contributed by atoms with Crippen LogP contribution in [0.15, 0.2) is 18.2 Å². The van der Waals surface area contributed by atoms with E-state index in [-0.39, 0.29) is 11.5 Å². The summed E-state index contributed by atoms with van der Waals surface area (Å²) in [6.45, 7) is 0. The number of carboxylic acid groups (broad SMARTS) is 1. The molecular weight excluding hydrogens is 206 g/mol. The van der Waals surface area contributed by atoms with Crippen LogP contribution in [0.5, 0.6) is 0 Å². The summed E-state index contributed by atoms with van der Waals surface area (Å²) >= 11 is 0. The van der Waals surface area contributed by atoms with Gasteiger partial charge in [-0.3, -0.25) is 4.79 Å². The first-order valence-corrected chi connectivity index (χ1v) is 5.33. The smallest absolute Gasteiger partial charge is 0.335 e. The van der Waals surface area contributed by atoms with Crippen molar-refractivity contribution in [3.63, 3.8) is 0 Å². The standard InChI is InChI=1S/C12H11NO3/c14-10(15)7-2-3-9-8(6-7)12(4-1-5-12)11(16)13-9/h2-3,6H,1,4-5H2,(H,13,16)(H,14,15). The molecule has 1 aliphatic carbocycles. The zero-order valence-corrected chi connectivity index (χ0v) is 8.62. The van der Waals surface area contributed by atoms with Gasteiger partial charge in [0.05, 0.1) is 11.0 Å². The lowest BCUT2D eigenvalue weighted by Crippen LogP contribution is -2.40. The molecule has 16 heavy (non-hydrogen) atoms. The van der Waals surface area contributed by atoms with E-state index in [4.69, 9.17) is 5.11 Å². The minimum absolute atomic E-state index is 0.0243. The number of amides is 1. The molecule has 0 unspecified atom stereocenters. The van der Waals surface area contributed by atoms with Crippen molar-refractivity contribution in [2.45, 2.75) is 24.7 Å². The van der Waals surface area contributed by atoms with Crippen LogP contribution >= 0.6 is 0 Å². The molecular formula is C12H11NO3. The number of carbonyl (C=O) groups is 2. The van der Waals surface area contributed by atoms with E-state index >= 15 is 0 Å². The minimum Gasteiger partial charge on any atom is -0.478 e. The van der Waals surface area contributed by atoms with E-state index in [0.29, 0.717) is 0 Å². The summed E-state index contributed by atoms with van der Waals surface area (Å²) < 4.78 is 0. The molecule has 0 saturated heterocycles. The van der Waals surface area contributed by atoms with E-state index in [1.165, 1.54) is 6.07 Å². The van der Waals surface area contributed by atoms with E-state index in [9.17, 15) is 9.59 Å². The van der Waals surface area contributed by atoms with Crippen LogP contribution < -0.4 is 5.32 Å². The fourth-order valence-electron chi connectivity index (χ4n) is 2.57. The molecule has 82 valence electrons. The third-order valence-electron chi connectivity index (χ3n) is 3.67. The summed E-state index contributed by atoms with van der Waals surface area (Å²) in [5, 5.41) is 11.8. The SMILES string of the molecule is O=C(O)c1ccc2c(c1)C1(CCC1)C(=O)N2. The number of carbonyl (C=O) groups excluding carboxylic acids is 1. The topological polar surface area (TPSA) is 66.4 Å². The van der Waals surface area contributed by atoms with Gasteiger partial charge in [0.2, 0.25) is 5.91 Å². The molecule has 0 atom stereocenters. The molecule has 1 fully saturated rings. The van der Waals surface area contributed by atoms with Gasteiger partial charge in [-0.05, 0) is 36.6 Å². The summed E-state index contributed by atoms with van der Waals surface area (Å²) in [7, 11) is 0. The number of rotatable bonds is 1. The maximum Gasteiger partial charge on any atom is 0.335 e. The molecule has 4 heteroatoms. The first kappa shape index (κ1) is 9.39. The van der Waals surface area contributed by atoms with Gasteiger partial charge in [-0.1, -0.05) is 6.42 Å². The molecule has 0 radical (unpaired) electrons. The Kier molecular flexibility index (Phi) is 1.67.